The van der Waals surface area contributed by atoms with Gasteiger partial charge in [-0.2, -0.15) is 0 Å². The molecular formula is C31H44N4O5. The number of nitrogens with zero attached hydrogens (tertiary/aromatic N) is 3. The fourth-order valence-electron chi connectivity index (χ4n) is 6.44. The van der Waals surface area contributed by atoms with Gasteiger partial charge in [0.15, 0.2) is 23.0 Å². The topological polar surface area (TPSA) is 75.7 Å². The number of amides is 1. The van der Waals surface area contributed by atoms with Crippen LogP contribution in [0.1, 0.15) is 42.0 Å². The van der Waals surface area contributed by atoms with Crippen molar-refractivity contribution >= 4 is 5.91 Å². The van der Waals surface area contributed by atoms with Gasteiger partial charge in [-0.05, 0) is 79.6 Å². The summed E-state index contributed by atoms with van der Waals surface area (Å²) in [5.41, 5.74) is 3.39. The van der Waals surface area contributed by atoms with Gasteiger partial charge in [-0.3, -0.25) is 14.6 Å². The maximum absolute atomic E-state index is 13.9. The first-order valence-corrected chi connectivity index (χ1v) is 14.5. The zero-order chi connectivity index (χ0) is 28.1. The minimum Gasteiger partial charge on any atom is -0.493 e. The number of nitrogens with one attached hydrogen (secondary N) is 1. The monoisotopic (exact) mass is 552 g/mol. The van der Waals surface area contributed by atoms with E-state index in [4.69, 9.17) is 18.9 Å². The lowest BCUT2D eigenvalue weighted by Crippen LogP contribution is -2.57. The van der Waals surface area contributed by atoms with Gasteiger partial charge in [0.25, 0.3) is 0 Å². The molecule has 0 bridgehead atoms. The van der Waals surface area contributed by atoms with E-state index in [2.05, 4.69) is 38.2 Å². The Morgan fingerprint density at radius 1 is 0.850 bits per heavy atom. The van der Waals surface area contributed by atoms with Crippen molar-refractivity contribution in [1.82, 2.24) is 20.0 Å². The fraction of sp³-hybridized carbons (Fsp3) is 0.581. The third-order valence-corrected chi connectivity index (χ3v) is 8.69. The average molecular weight is 553 g/mol. The van der Waals surface area contributed by atoms with Crippen LogP contribution in [-0.2, 0) is 17.6 Å². The predicted molar refractivity (Wildman–Crippen MR) is 155 cm³/mol. The Labute approximate surface area is 238 Å². The van der Waals surface area contributed by atoms with E-state index in [-0.39, 0.29) is 11.9 Å². The van der Waals surface area contributed by atoms with E-state index in [1.807, 2.05) is 12.1 Å². The molecule has 5 rings (SSSR count). The van der Waals surface area contributed by atoms with Crippen molar-refractivity contribution < 1.29 is 23.7 Å². The largest absolute Gasteiger partial charge is 0.493 e. The molecule has 0 saturated carbocycles. The second-order valence-corrected chi connectivity index (χ2v) is 10.9. The maximum atomic E-state index is 13.9. The number of methoxy groups -OCH3 is 4. The summed E-state index contributed by atoms with van der Waals surface area (Å²) in [5.74, 6) is 2.95. The van der Waals surface area contributed by atoms with Crippen LogP contribution in [0.3, 0.4) is 0 Å². The van der Waals surface area contributed by atoms with Gasteiger partial charge in [0, 0.05) is 32.7 Å². The maximum Gasteiger partial charge on any atom is 0.237 e. The van der Waals surface area contributed by atoms with Gasteiger partial charge in [0.2, 0.25) is 5.91 Å². The van der Waals surface area contributed by atoms with E-state index in [0.29, 0.717) is 42.9 Å². The van der Waals surface area contributed by atoms with Crippen LogP contribution in [0.25, 0.3) is 0 Å². The first kappa shape index (κ1) is 28.5. The van der Waals surface area contributed by atoms with E-state index >= 15 is 0 Å². The standard InChI is InChI=1S/C31H44N4O5/c1-37-26-9-8-22(18-27(26)38-2)17-25-24-20-29(40-4)28(39-3)19-23(24)10-12-35(25)31(36)21-33-13-15-34(16-14-33)30-7-5-6-11-32-30/h8-9,18-20,25,30,32H,5-7,10-17,21H2,1-4H3. The first-order chi connectivity index (χ1) is 19.5. The van der Waals surface area contributed by atoms with Crippen molar-refractivity contribution in [1.29, 1.82) is 0 Å². The quantitative estimate of drug-likeness (QED) is 0.509. The number of carbonyl (C=O) groups is 1. The summed E-state index contributed by atoms with van der Waals surface area (Å²) in [6.45, 7) is 6.05. The molecule has 1 N–H and O–H groups in total. The molecule has 2 saturated heterocycles. The number of rotatable bonds is 9. The van der Waals surface area contributed by atoms with Gasteiger partial charge in [0.1, 0.15) is 0 Å². The number of carbonyl (C=O) groups excluding carboxylic acids is 1. The lowest BCUT2D eigenvalue weighted by Gasteiger charge is -2.42. The molecule has 0 aromatic heterocycles. The summed E-state index contributed by atoms with van der Waals surface area (Å²) in [6.07, 6.45) is 5.72. The normalized spacial score (nSPS) is 21.9. The molecule has 0 aliphatic carbocycles. The molecular weight excluding hydrogens is 508 g/mol. The highest BCUT2D eigenvalue weighted by molar-refractivity contribution is 5.79. The second-order valence-electron chi connectivity index (χ2n) is 10.9. The van der Waals surface area contributed by atoms with Gasteiger partial charge in [0.05, 0.1) is 47.2 Å². The Hall–Kier alpha value is -3.01. The molecule has 2 aromatic carbocycles. The van der Waals surface area contributed by atoms with Crippen molar-refractivity contribution in [3.63, 3.8) is 0 Å². The number of hydrogen-bond donors (Lipinski definition) is 1. The molecule has 3 heterocycles. The molecule has 3 aliphatic heterocycles. The van der Waals surface area contributed by atoms with E-state index in [1.165, 1.54) is 24.8 Å². The Morgan fingerprint density at radius 2 is 1.55 bits per heavy atom. The predicted octanol–water partition coefficient (Wildman–Crippen LogP) is 3.11. The summed E-state index contributed by atoms with van der Waals surface area (Å²) in [5, 5.41) is 3.66. The van der Waals surface area contributed by atoms with E-state index < -0.39 is 0 Å². The smallest absolute Gasteiger partial charge is 0.237 e. The number of hydrogen-bond acceptors (Lipinski definition) is 8. The molecule has 9 heteroatoms. The minimum absolute atomic E-state index is 0.123. The Bertz CT molecular complexity index is 1160. The highest BCUT2D eigenvalue weighted by Gasteiger charge is 2.34. The van der Waals surface area contributed by atoms with E-state index in [9.17, 15) is 4.79 Å². The van der Waals surface area contributed by atoms with E-state index in [1.54, 1.807) is 28.4 Å². The minimum atomic E-state index is -0.123. The molecule has 2 fully saturated rings. The van der Waals surface area contributed by atoms with Crippen LogP contribution in [0.2, 0.25) is 0 Å². The molecule has 9 nitrogen and oxygen atoms in total. The molecule has 2 aromatic rings. The average Bonchev–Trinajstić information content (AvgIpc) is 3.01. The molecule has 2 atom stereocenters. The fourth-order valence-corrected chi connectivity index (χ4v) is 6.44. The van der Waals surface area contributed by atoms with Crippen molar-refractivity contribution in [3.05, 3.63) is 47.0 Å². The Balaban J connectivity index is 1.35. The summed E-state index contributed by atoms with van der Waals surface area (Å²) in [4.78, 5) is 20.9. The van der Waals surface area contributed by atoms with Crippen LogP contribution in [-0.4, -0.2) is 101 Å². The third-order valence-electron chi connectivity index (χ3n) is 8.69. The second kappa shape index (κ2) is 13.1. The summed E-state index contributed by atoms with van der Waals surface area (Å²) in [7, 11) is 6.60. The number of piperidine rings is 1. The molecule has 1 amide bonds. The molecule has 3 aliphatic rings. The summed E-state index contributed by atoms with van der Waals surface area (Å²) < 4.78 is 22.3. The van der Waals surface area contributed by atoms with Crippen molar-refractivity contribution in [2.45, 2.75) is 44.3 Å². The zero-order valence-electron chi connectivity index (χ0n) is 24.4. The van der Waals surface area contributed by atoms with Crippen LogP contribution in [0.15, 0.2) is 30.3 Å². The van der Waals surface area contributed by atoms with Crippen LogP contribution < -0.4 is 24.3 Å². The first-order valence-electron chi connectivity index (χ1n) is 14.5. The van der Waals surface area contributed by atoms with Gasteiger partial charge < -0.3 is 29.2 Å². The number of ether oxygens (including phenoxy) is 4. The van der Waals surface area contributed by atoms with Crippen molar-refractivity contribution in [2.24, 2.45) is 0 Å². The number of fused-ring (bicyclic) bond motifs is 1. The molecule has 40 heavy (non-hydrogen) atoms. The SMILES string of the molecule is COc1ccc(CC2c3cc(OC)c(OC)cc3CCN2C(=O)CN2CCN(C3CCCCN3)CC2)cc1OC. The lowest BCUT2D eigenvalue weighted by molar-refractivity contribution is -0.136. The number of piperazine rings is 1. The summed E-state index contributed by atoms with van der Waals surface area (Å²) >= 11 is 0. The molecule has 0 spiro atoms. The molecule has 2 unspecified atom stereocenters. The van der Waals surface area contributed by atoms with Crippen LogP contribution in [0.5, 0.6) is 23.0 Å². The summed E-state index contributed by atoms with van der Waals surface area (Å²) in [6, 6.07) is 9.98. The molecule has 0 radical (unpaired) electrons. The van der Waals surface area contributed by atoms with E-state index in [0.717, 1.165) is 56.0 Å². The van der Waals surface area contributed by atoms with Crippen LogP contribution >= 0.6 is 0 Å². The highest BCUT2D eigenvalue weighted by Crippen LogP contribution is 2.40. The Morgan fingerprint density at radius 3 is 2.23 bits per heavy atom. The van der Waals surface area contributed by atoms with Crippen LogP contribution in [0.4, 0.5) is 0 Å². The van der Waals surface area contributed by atoms with Gasteiger partial charge in [-0.15, -0.1) is 0 Å². The highest BCUT2D eigenvalue weighted by atomic mass is 16.5. The zero-order valence-corrected chi connectivity index (χ0v) is 24.4. The number of benzene rings is 2. The Kier molecular flexibility index (Phi) is 9.34. The van der Waals surface area contributed by atoms with Crippen molar-refractivity contribution in [2.75, 3.05) is 74.3 Å². The third kappa shape index (κ3) is 6.16. The van der Waals surface area contributed by atoms with Crippen LogP contribution in [0, 0.1) is 0 Å². The molecule has 218 valence electrons. The van der Waals surface area contributed by atoms with Gasteiger partial charge in [-0.1, -0.05) is 6.07 Å². The van der Waals surface area contributed by atoms with Crippen molar-refractivity contribution in [3.8, 4) is 23.0 Å². The van der Waals surface area contributed by atoms with Gasteiger partial charge >= 0.3 is 0 Å². The van der Waals surface area contributed by atoms with Gasteiger partial charge in [-0.25, -0.2) is 0 Å². The lowest BCUT2D eigenvalue weighted by atomic mass is 9.88.